The molecule has 0 saturated carbocycles. The zero-order valence-electron chi connectivity index (χ0n) is 16.0. The molecule has 1 aromatic rings. The van der Waals surface area contributed by atoms with Crippen molar-refractivity contribution in [2.24, 2.45) is 0 Å². The van der Waals surface area contributed by atoms with E-state index in [1.54, 1.807) is 12.1 Å². The van der Waals surface area contributed by atoms with E-state index in [1.807, 2.05) is 13.0 Å². The summed E-state index contributed by atoms with van der Waals surface area (Å²) in [6.45, 7) is 4.07. The number of hydrogen-bond acceptors (Lipinski definition) is 5. The predicted molar refractivity (Wildman–Crippen MR) is 110 cm³/mol. The Morgan fingerprint density at radius 2 is 1.48 bits per heavy atom. The molecule has 0 aliphatic rings. The van der Waals surface area contributed by atoms with Gasteiger partial charge in [0, 0.05) is 0 Å². The van der Waals surface area contributed by atoms with E-state index in [1.165, 1.54) is 51.0 Å². The van der Waals surface area contributed by atoms with Gasteiger partial charge in [-0.25, -0.2) is 8.98 Å². The number of benzene rings is 1. The molecule has 5 nitrogen and oxygen atoms in total. The third kappa shape index (κ3) is 13.4. The molecule has 0 spiro atoms. The van der Waals surface area contributed by atoms with Crippen LogP contribution in [0.3, 0.4) is 0 Å². The average Bonchev–Trinajstić information content (AvgIpc) is 2.59. The van der Waals surface area contributed by atoms with Crippen molar-refractivity contribution in [2.75, 3.05) is 6.61 Å². The van der Waals surface area contributed by atoms with Crippen LogP contribution < -0.4 is 0 Å². The first kappa shape index (κ1) is 26.6. The third-order valence-electron chi connectivity index (χ3n) is 4.16. The Morgan fingerprint density at radius 3 is 2.04 bits per heavy atom. The molecular weight excluding hydrogens is 375 g/mol. The van der Waals surface area contributed by atoms with Gasteiger partial charge in [0.05, 0.1) is 12.2 Å². The zero-order chi connectivity index (χ0) is 19.3. The van der Waals surface area contributed by atoms with Crippen molar-refractivity contribution in [2.45, 2.75) is 78.1 Å². The van der Waals surface area contributed by atoms with Crippen molar-refractivity contribution in [3.05, 3.63) is 35.4 Å². The number of unbranched alkanes of at least 4 members (excludes halogenated alkanes) is 9. The van der Waals surface area contributed by atoms with Crippen LogP contribution >= 0.6 is 0 Å². The number of rotatable bonds is 14. The Kier molecular flexibility index (Phi) is 15.3. The molecule has 1 rings (SSSR count). The Labute approximate surface area is 186 Å². The van der Waals surface area contributed by atoms with E-state index < -0.39 is 16.4 Å². The van der Waals surface area contributed by atoms with E-state index in [4.69, 9.17) is 4.18 Å². The fraction of sp³-hybridized carbons (Fsp3) is 0.650. The summed E-state index contributed by atoms with van der Waals surface area (Å²) in [6.07, 6.45) is 11.5. The molecule has 27 heavy (non-hydrogen) atoms. The van der Waals surface area contributed by atoms with Gasteiger partial charge in [0.1, 0.15) is 0 Å². The van der Waals surface area contributed by atoms with E-state index in [-0.39, 0.29) is 41.7 Å². The van der Waals surface area contributed by atoms with E-state index >= 15 is 0 Å². The quantitative estimate of drug-likeness (QED) is 0.330. The van der Waals surface area contributed by atoms with Crippen LogP contribution in [0.15, 0.2) is 24.3 Å². The van der Waals surface area contributed by atoms with E-state index in [2.05, 4.69) is 11.1 Å². The first-order valence-corrected chi connectivity index (χ1v) is 11.0. The molecule has 0 N–H and O–H groups in total. The Morgan fingerprint density at radius 1 is 0.926 bits per heavy atom. The molecule has 0 bridgehead atoms. The summed E-state index contributed by atoms with van der Waals surface area (Å²) >= 11 is 0. The molecule has 0 atom stereocenters. The van der Waals surface area contributed by atoms with Gasteiger partial charge in [-0.1, -0.05) is 82.4 Å². The first-order valence-electron chi connectivity index (χ1n) is 9.64. The van der Waals surface area contributed by atoms with Crippen LogP contribution in [0, 0.1) is 6.92 Å². The van der Waals surface area contributed by atoms with Crippen LogP contribution in [0.25, 0.3) is 0 Å². The van der Waals surface area contributed by atoms with Gasteiger partial charge < -0.3 is 4.18 Å². The Bertz CT molecular complexity index is 631. The van der Waals surface area contributed by atoms with Gasteiger partial charge >= 0.3 is 45.9 Å². The van der Waals surface area contributed by atoms with Gasteiger partial charge in [-0.15, -0.1) is 0 Å². The maximum absolute atomic E-state index is 11.8. The molecule has 1 aromatic carbocycles. The molecule has 0 fully saturated rings. The normalized spacial score (nSPS) is 11.0. The van der Waals surface area contributed by atoms with E-state index in [0.717, 1.165) is 18.4 Å². The van der Waals surface area contributed by atoms with Crippen molar-refractivity contribution in [3.63, 3.8) is 0 Å². The summed E-state index contributed by atoms with van der Waals surface area (Å²) in [4.78, 5) is 11.8. The van der Waals surface area contributed by atoms with E-state index in [0.29, 0.717) is 6.42 Å². The van der Waals surface area contributed by atoms with Gasteiger partial charge in [0.15, 0.2) is 0 Å². The summed E-state index contributed by atoms with van der Waals surface area (Å²) in [5.41, 5.74) is 1.04. The van der Waals surface area contributed by atoms with Crippen molar-refractivity contribution < 1.29 is 21.6 Å². The molecule has 150 valence electrons. The number of carbonyl (C=O) groups is 1. The molecular formula is C20H33NaO5S. The number of carbonyl (C=O) groups excluding carboxylic acids is 1. The molecule has 0 saturated heterocycles. The first-order chi connectivity index (χ1) is 12.4. The van der Waals surface area contributed by atoms with Gasteiger partial charge in [-0.2, -0.15) is 8.42 Å². The third-order valence-corrected chi connectivity index (χ3v) is 4.97. The van der Waals surface area contributed by atoms with Crippen LogP contribution in [-0.2, 0) is 18.8 Å². The average molecular weight is 409 g/mol. The molecule has 0 aliphatic carbocycles. The minimum atomic E-state index is -4.30. The topological polar surface area (TPSA) is 69.7 Å². The van der Waals surface area contributed by atoms with Crippen molar-refractivity contribution >= 4 is 45.9 Å². The fourth-order valence-electron chi connectivity index (χ4n) is 2.69. The van der Waals surface area contributed by atoms with Gasteiger partial charge in [0.25, 0.3) is 0 Å². The summed E-state index contributed by atoms with van der Waals surface area (Å²) in [5, 5.41) is 0. The molecule has 0 unspecified atom stereocenters. The van der Waals surface area contributed by atoms with Crippen LogP contribution in [0.2, 0.25) is 0 Å². The van der Waals surface area contributed by atoms with Crippen LogP contribution in [0.4, 0.5) is 0 Å². The second kappa shape index (κ2) is 15.5. The monoisotopic (exact) mass is 408 g/mol. The van der Waals surface area contributed by atoms with Gasteiger partial charge in [0.2, 0.25) is 0 Å². The van der Waals surface area contributed by atoms with E-state index in [9.17, 15) is 13.2 Å². The summed E-state index contributed by atoms with van der Waals surface area (Å²) < 4.78 is 32.6. The van der Waals surface area contributed by atoms with Gasteiger partial charge in [-0.3, -0.25) is 0 Å². The molecule has 0 radical (unpaired) electrons. The van der Waals surface area contributed by atoms with Crippen molar-refractivity contribution in [3.8, 4) is 0 Å². The molecule has 7 heteroatoms. The molecule has 0 aromatic heterocycles. The second-order valence-corrected chi connectivity index (χ2v) is 7.87. The van der Waals surface area contributed by atoms with Crippen molar-refractivity contribution in [1.82, 2.24) is 0 Å². The summed E-state index contributed by atoms with van der Waals surface area (Å²) in [6, 6.07) is 6.56. The standard InChI is InChI=1S/C20H32O5S.Na.H/c1-3-4-5-6-7-8-9-10-11-12-16-24-26(22,23)25-20(21)19-15-13-14-18(2)17-19;;/h13-15,17H,3-12,16H2,1-2H3;;. The molecule has 0 amide bonds. The summed E-state index contributed by atoms with van der Waals surface area (Å²) in [5.74, 6) is -0.920. The number of hydrogen-bond donors (Lipinski definition) is 0. The zero-order valence-corrected chi connectivity index (χ0v) is 16.9. The maximum atomic E-state index is 11.8. The fourth-order valence-corrected chi connectivity index (χ4v) is 3.34. The second-order valence-electron chi connectivity index (χ2n) is 6.65. The Hall–Kier alpha value is -0.400. The van der Waals surface area contributed by atoms with Crippen LogP contribution in [0.5, 0.6) is 0 Å². The predicted octanol–water partition coefficient (Wildman–Crippen LogP) is 4.69. The molecule has 0 aliphatic heterocycles. The van der Waals surface area contributed by atoms with Gasteiger partial charge in [-0.05, 0) is 25.5 Å². The summed E-state index contributed by atoms with van der Waals surface area (Å²) in [7, 11) is -4.30. The van der Waals surface area contributed by atoms with Crippen LogP contribution in [0.1, 0.15) is 87.1 Å². The SMILES string of the molecule is CCCCCCCCCCCCOS(=O)(=O)OC(=O)c1cccc(C)c1.[NaH]. The molecule has 0 heterocycles. The van der Waals surface area contributed by atoms with Crippen LogP contribution in [-0.4, -0.2) is 50.6 Å². The minimum absolute atomic E-state index is 0. The number of aryl methyl sites for hydroxylation is 1. The van der Waals surface area contributed by atoms with Crippen molar-refractivity contribution in [1.29, 1.82) is 0 Å². The Balaban J connectivity index is 0.00000676.